The molecule has 96 valence electrons. The standard InChI is InChI=1S/C10H12F3NO3/c1-7-2-4-17-8(7)9(15)14-3-5-16-6-10(11,12)13/h2,4H,3,5-6H2,1H3,(H,14,15). The average molecular weight is 251 g/mol. The number of nitrogens with one attached hydrogen (secondary N) is 1. The number of amides is 1. The first-order chi connectivity index (χ1) is 7.90. The molecule has 1 aromatic heterocycles. The zero-order valence-electron chi connectivity index (χ0n) is 9.13. The first kappa shape index (κ1) is 13.6. The molecule has 4 nitrogen and oxygen atoms in total. The van der Waals surface area contributed by atoms with Gasteiger partial charge in [-0.15, -0.1) is 0 Å². The van der Waals surface area contributed by atoms with Gasteiger partial charge in [-0.25, -0.2) is 0 Å². The molecule has 0 bridgehead atoms. The molecule has 0 saturated heterocycles. The predicted octanol–water partition coefficient (Wildman–Crippen LogP) is 1.90. The third-order valence-electron chi connectivity index (χ3n) is 1.87. The molecule has 1 rings (SSSR count). The molecule has 0 spiro atoms. The smallest absolute Gasteiger partial charge is 0.411 e. The lowest BCUT2D eigenvalue weighted by Gasteiger charge is -2.08. The van der Waals surface area contributed by atoms with E-state index < -0.39 is 18.7 Å². The van der Waals surface area contributed by atoms with Crippen molar-refractivity contribution in [2.24, 2.45) is 0 Å². The first-order valence-corrected chi connectivity index (χ1v) is 4.87. The molecule has 0 aliphatic rings. The van der Waals surface area contributed by atoms with Gasteiger partial charge < -0.3 is 14.5 Å². The fraction of sp³-hybridized carbons (Fsp3) is 0.500. The van der Waals surface area contributed by atoms with Crippen LogP contribution < -0.4 is 5.32 Å². The molecule has 0 atom stereocenters. The first-order valence-electron chi connectivity index (χ1n) is 4.87. The van der Waals surface area contributed by atoms with Crippen molar-refractivity contribution in [1.29, 1.82) is 0 Å². The number of rotatable bonds is 5. The maximum atomic E-state index is 11.7. The zero-order valence-corrected chi connectivity index (χ0v) is 9.13. The van der Waals surface area contributed by atoms with Gasteiger partial charge >= 0.3 is 6.18 Å². The molecule has 1 amide bonds. The molecular weight excluding hydrogens is 239 g/mol. The third kappa shape index (κ3) is 4.90. The van der Waals surface area contributed by atoms with Crippen molar-refractivity contribution in [1.82, 2.24) is 5.32 Å². The number of hydrogen-bond acceptors (Lipinski definition) is 3. The number of furan rings is 1. The summed E-state index contributed by atoms with van der Waals surface area (Å²) in [6.07, 6.45) is -2.98. The van der Waals surface area contributed by atoms with Crippen LogP contribution in [0, 0.1) is 6.92 Å². The van der Waals surface area contributed by atoms with Gasteiger partial charge in [-0.2, -0.15) is 13.2 Å². The van der Waals surface area contributed by atoms with Crippen molar-refractivity contribution < 1.29 is 27.1 Å². The molecule has 1 heterocycles. The van der Waals surface area contributed by atoms with Gasteiger partial charge in [0.15, 0.2) is 5.76 Å². The van der Waals surface area contributed by atoms with Gasteiger partial charge in [0.05, 0.1) is 12.9 Å². The Morgan fingerprint density at radius 3 is 2.76 bits per heavy atom. The summed E-state index contributed by atoms with van der Waals surface area (Å²) < 4.78 is 44.3. The van der Waals surface area contributed by atoms with Crippen LogP contribution in [0.2, 0.25) is 0 Å². The van der Waals surface area contributed by atoms with Crippen molar-refractivity contribution in [3.63, 3.8) is 0 Å². The van der Waals surface area contributed by atoms with E-state index in [0.717, 1.165) is 0 Å². The molecule has 17 heavy (non-hydrogen) atoms. The van der Waals surface area contributed by atoms with E-state index in [0.29, 0.717) is 5.56 Å². The third-order valence-corrected chi connectivity index (χ3v) is 1.87. The Bertz CT molecular complexity index is 373. The normalized spacial score (nSPS) is 11.5. The average Bonchev–Trinajstić information content (AvgIpc) is 2.62. The van der Waals surface area contributed by atoms with E-state index in [4.69, 9.17) is 4.42 Å². The van der Waals surface area contributed by atoms with Crippen LogP contribution in [-0.4, -0.2) is 31.8 Å². The molecule has 1 N–H and O–H groups in total. The highest BCUT2D eigenvalue weighted by Gasteiger charge is 2.27. The number of hydrogen-bond donors (Lipinski definition) is 1. The highest BCUT2D eigenvalue weighted by atomic mass is 19.4. The molecule has 0 aliphatic heterocycles. The second-order valence-electron chi connectivity index (χ2n) is 3.36. The van der Waals surface area contributed by atoms with Gasteiger partial charge in [-0.3, -0.25) is 4.79 Å². The summed E-state index contributed by atoms with van der Waals surface area (Å²) in [5, 5.41) is 2.39. The van der Waals surface area contributed by atoms with Crippen LogP contribution >= 0.6 is 0 Å². The summed E-state index contributed by atoms with van der Waals surface area (Å²) in [5.74, 6) is -0.316. The van der Waals surface area contributed by atoms with Gasteiger partial charge in [0.2, 0.25) is 0 Å². The SMILES string of the molecule is Cc1ccoc1C(=O)NCCOCC(F)(F)F. The van der Waals surface area contributed by atoms with E-state index in [2.05, 4.69) is 10.1 Å². The van der Waals surface area contributed by atoms with Crippen molar-refractivity contribution >= 4 is 5.91 Å². The largest absolute Gasteiger partial charge is 0.459 e. The van der Waals surface area contributed by atoms with E-state index in [-0.39, 0.29) is 18.9 Å². The molecule has 0 fully saturated rings. The Morgan fingerprint density at radius 1 is 1.53 bits per heavy atom. The highest BCUT2D eigenvalue weighted by Crippen LogP contribution is 2.14. The summed E-state index contributed by atoms with van der Waals surface area (Å²) in [7, 11) is 0. The Labute approximate surface area is 95.7 Å². The van der Waals surface area contributed by atoms with Crippen molar-refractivity contribution in [3.05, 3.63) is 23.7 Å². The van der Waals surface area contributed by atoms with Crippen LogP contribution in [-0.2, 0) is 4.74 Å². The maximum absolute atomic E-state index is 11.7. The molecule has 0 aromatic carbocycles. The molecule has 1 aromatic rings. The van der Waals surface area contributed by atoms with E-state index in [9.17, 15) is 18.0 Å². The summed E-state index contributed by atoms with van der Waals surface area (Å²) in [6.45, 7) is 0.168. The summed E-state index contributed by atoms with van der Waals surface area (Å²) in [5.41, 5.74) is 0.665. The molecule has 0 radical (unpaired) electrons. The van der Waals surface area contributed by atoms with Crippen molar-refractivity contribution in [2.45, 2.75) is 13.1 Å². The van der Waals surface area contributed by atoms with Crippen LogP contribution in [0.1, 0.15) is 16.1 Å². The van der Waals surface area contributed by atoms with E-state index in [1.54, 1.807) is 13.0 Å². The lowest BCUT2D eigenvalue weighted by molar-refractivity contribution is -0.173. The molecule has 0 saturated carbocycles. The number of carbonyl (C=O) groups is 1. The maximum Gasteiger partial charge on any atom is 0.411 e. The summed E-state index contributed by atoms with van der Waals surface area (Å²) >= 11 is 0. The summed E-state index contributed by atoms with van der Waals surface area (Å²) in [6, 6.07) is 1.62. The number of alkyl halides is 3. The number of aryl methyl sites for hydroxylation is 1. The number of ether oxygens (including phenoxy) is 1. The van der Waals surface area contributed by atoms with Gasteiger partial charge in [0.25, 0.3) is 5.91 Å². The minimum atomic E-state index is -4.35. The van der Waals surface area contributed by atoms with Crippen LogP contribution in [0.3, 0.4) is 0 Å². The van der Waals surface area contributed by atoms with E-state index in [1.807, 2.05) is 0 Å². The topological polar surface area (TPSA) is 51.5 Å². The van der Waals surface area contributed by atoms with E-state index in [1.165, 1.54) is 6.26 Å². The lowest BCUT2D eigenvalue weighted by Crippen LogP contribution is -2.29. The Hall–Kier alpha value is -1.50. The number of halogens is 3. The molecule has 7 heteroatoms. The van der Waals surface area contributed by atoms with Crippen molar-refractivity contribution in [2.75, 3.05) is 19.8 Å². The van der Waals surface area contributed by atoms with Crippen LogP contribution in [0.5, 0.6) is 0 Å². The Morgan fingerprint density at radius 2 is 2.24 bits per heavy atom. The fourth-order valence-electron chi connectivity index (χ4n) is 1.11. The van der Waals surface area contributed by atoms with Crippen LogP contribution in [0.25, 0.3) is 0 Å². The molecular formula is C10H12F3NO3. The number of carbonyl (C=O) groups excluding carboxylic acids is 1. The van der Waals surface area contributed by atoms with Crippen molar-refractivity contribution in [3.8, 4) is 0 Å². The Balaban J connectivity index is 2.20. The van der Waals surface area contributed by atoms with Gasteiger partial charge in [-0.1, -0.05) is 0 Å². The molecule has 0 unspecified atom stereocenters. The van der Waals surface area contributed by atoms with E-state index >= 15 is 0 Å². The monoisotopic (exact) mass is 251 g/mol. The fourth-order valence-corrected chi connectivity index (χ4v) is 1.11. The quantitative estimate of drug-likeness (QED) is 0.813. The van der Waals surface area contributed by atoms with Gasteiger partial charge in [-0.05, 0) is 13.0 Å². The zero-order chi connectivity index (χ0) is 12.9. The second kappa shape index (κ2) is 5.72. The summed E-state index contributed by atoms with van der Waals surface area (Å²) in [4.78, 5) is 11.4. The second-order valence-corrected chi connectivity index (χ2v) is 3.36. The highest BCUT2D eigenvalue weighted by molar-refractivity contribution is 5.92. The van der Waals surface area contributed by atoms with Gasteiger partial charge in [0.1, 0.15) is 6.61 Å². The Kier molecular flexibility index (Phi) is 4.56. The minimum Gasteiger partial charge on any atom is -0.459 e. The predicted molar refractivity (Wildman–Crippen MR) is 52.7 cm³/mol. The van der Waals surface area contributed by atoms with Gasteiger partial charge in [0, 0.05) is 12.1 Å². The van der Waals surface area contributed by atoms with Crippen LogP contribution in [0.4, 0.5) is 13.2 Å². The van der Waals surface area contributed by atoms with Crippen LogP contribution in [0.15, 0.2) is 16.7 Å². The minimum absolute atomic E-state index is 0.00491. The molecule has 0 aliphatic carbocycles. The lowest BCUT2D eigenvalue weighted by atomic mass is 10.3.